The quantitative estimate of drug-likeness (QED) is 0.658. The van der Waals surface area contributed by atoms with Gasteiger partial charge in [-0.15, -0.1) is 0 Å². The summed E-state index contributed by atoms with van der Waals surface area (Å²) < 4.78 is 10.9. The van der Waals surface area contributed by atoms with Crippen molar-refractivity contribution in [2.75, 3.05) is 0 Å². The first-order valence-electron chi connectivity index (χ1n) is 7.90. The minimum Gasteiger partial charge on any atom is -0.457 e. The van der Waals surface area contributed by atoms with Gasteiger partial charge in [0, 0.05) is 29.5 Å². The van der Waals surface area contributed by atoms with Gasteiger partial charge in [-0.2, -0.15) is 4.98 Å². The van der Waals surface area contributed by atoms with Crippen LogP contribution in [0.1, 0.15) is 12.3 Å². The molecule has 0 bridgehead atoms. The molecular weight excluding hydrogens is 356 g/mol. The van der Waals surface area contributed by atoms with Gasteiger partial charge in [0.2, 0.25) is 17.6 Å². The van der Waals surface area contributed by atoms with Crippen molar-refractivity contribution >= 4 is 17.5 Å². The molecule has 0 saturated heterocycles. The Balaban J connectivity index is 1.65. The van der Waals surface area contributed by atoms with Gasteiger partial charge in [0.15, 0.2) is 0 Å². The Morgan fingerprint density at radius 3 is 2.35 bits per heavy atom. The van der Waals surface area contributed by atoms with Crippen molar-refractivity contribution in [3.8, 4) is 22.9 Å². The molecule has 4 N–H and O–H groups in total. The van der Waals surface area contributed by atoms with Crippen LogP contribution in [-0.4, -0.2) is 22.1 Å². The maximum Gasteiger partial charge on any atom is 0.228 e. The zero-order valence-electron chi connectivity index (χ0n) is 13.8. The van der Waals surface area contributed by atoms with Crippen LogP contribution in [0.2, 0.25) is 5.02 Å². The van der Waals surface area contributed by atoms with E-state index in [0.29, 0.717) is 28.2 Å². The van der Waals surface area contributed by atoms with Crippen LogP contribution in [0, 0.1) is 0 Å². The molecule has 1 atom stereocenters. The molecule has 1 unspecified atom stereocenters. The number of carbonyl (C=O) groups is 1. The first-order valence-corrected chi connectivity index (χ1v) is 8.28. The monoisotopic (exact) mass is 372 g/mol. The molecule has 26 heavy (non-hydrogen) atoms. The number of amides is 1. The highest BCUT2D eigenvalue weighted by Gasteiger charge is 2.14. The number of hydrogen-bond donors (Lipinski definition) is 2. The smallest absolute Gasteiger partial charge is 0.228 e. The molecule has 0 spiro atoms. The standard InChI is InChI=1S/C18H17ClN4O3/c19-12-3-7-15(8-4-12)25-14-5-1-11(2-6-14)18-22-17(26-23-18)10-13(20)9-16(21)24/h1-8,13H,9-10,20H2,(H2,21,24). The number of aromatic nitrogens is 2. The average Bonchev–Trinajstić information content (AvgIpc) is 3.05. The lowest BCUT2D eigenvalue weighted by molar-refractivity contribution is -0.118. The molecule has 2 aromatic carbocycles. The lowest BCUT2D eigenvalue weighted by Gasteiger charge is -2.06. The lowest BCUT2D eigenvalue weighted by Crippen LogP contribution is -2.29. The fraction of sp³-hybridized carbons (Fsp3) is 0.167. The summed E-state index contributed by atoms with van der Waals surface area (Å²) in [5.74, 6) is 1.68. The molecule has 0 aliphatic heterocycles. The molecule has 0 aliphatic carbocycles. The van der Waals surface area contributed by atoms with Gasteiger partial charge in [-0.3, -0.25) is 4.79 Å². The molecule has 8 heteroatoms. The third kappa shape index (κ3) is 4.81. The van der Waals surface area contributed by atoms with E-state index in [4.69, 9.17) is 32.3 Å². The van der Waals surface area contributed by atoms with Crippen LogP contribution in [0.25, 0.3) is 11.4 Å². The maximum absolute atomic E-state index is 10.9. The first-order chi connectivity index (χ1) is 12.5. The number of carbonyl (C=O) groups excluding carboxylic acids is 1. The molecular formula is C18H17ClN4O3. The summed E-state index contributed by atoms with van der Waals surface area (Å²) in [5.41, 5.74) is 11.7. The lowest BCUT2D eigenvalue weighted by atomic mass is 10.1. The highest BCUT2D eigenvalue weighted by atomic mass is 35.5. The summed E-state index contributed by atoms with van der Waals surface area (Å²) in [5, 5.41) is 4.58. The molecule has 1 heterocycles. The molecule has 0 aliphatic rings. The summed E-state index contributed by atoms with van der Waals surface area (Å²) >= 11 is 5.85. The third-order valence-electron chi connectivity index (χ3n) is 3.53. The van der Waals surface area contributed by atoms with Gasteiger partial charge >= 0.3 is 0 Å². The molecule has 7 nitrogen and oxygen atoms in total. The second kappa shape index (κ2) is 7.99. The molecule has 134 valence electrons. The van der Waals surface area contributed by atoms with E-state index in [0.717, 1.165) is 5.56 Å². The van der Waals surface area contributed by atoms with E-state index in [-0.39, 0.29) is 12.8 Å². The molecule has 3 rings (SSSR count). The Bertz CT molecular complexity index is 878. The Morgan fingerprint density at radius 2 is 1.73 bits per heavy atom. The second-order valence-electron chi connectivity index (χ2n) is 5.73. The van der Waals surface area contributed by atoms with E-state index < -0.39 is 11.9 Å². The summed E-state index contributed by atoms with van der Waals surface area (Å²) in [6.07, 6.45) is 0.349. The van der Waals surface area contributed by atoms with Crippen molar-refractivity contribution in [3.05, 3.63) is 59.4 Å². The highest BCUT2D eigenvalue weighted by Crippen LogP contribution is 2.25. The maximum atomic E-state index is 10.9. The largest absolute Gasteiger partial charge is 0.457 e. The van der Waals surface area contributed by atoms with Gasteiger partial charge in [0.25, 0.3) is 0 Å². The molecule has 0 fully saturated rings. The minimum absolute atomic E-state index is 0.0639. The normalized spacial score (nSPS) is 11.9. The fourth-order valence-electron chi connectivity index (χ4n) is 2.32. The number of nitrogens with zero attached hydrogens (tertiary/aromatic N) is 2. The number of nitrogens with two attached hydrogens (primary N) is 2. The SMILES string of the molecule is NC(=O)CC(N)Cc1nc(-c2ccc(Oc3ccc(Cl)cc3)cc2)no1. The van der Waals surface area contributed by atoms with E-state index in [1.54, 1.807) is 36.4 Å². The van der Waals surface area contributed by atoms with Crippen molar-refractivity contribution in [2.24, 2.45) is 11.5 Å². The number of ether oxygens (including phenoxy) is 1. The van der Waals surface area contributed by atoms with Gasteiger partial charge in [-0.05, 0) is 48.5 Å². The number of halogens is 1. The van der Waals surface area contributed by atoms with Crippen molar-refractivity contribution in [2.45, 2.75) is 18.9 Å². The highest BCUT2D eigenvalue weighted by molar-refractivity contribution is 6.30. The fourth-order valence-corrected chi connectivity index (χ4v) is 2.45. The first kappa shape index (κ1) is 17.9. The topological polar surface area (TPSA) is 117 Å². The van der Waals surface area contributed by atoms with Gasteiger partial charge in [-0.1, -0.05) is 16.8 Å². The van der Waals surface area contributed by atoms with Crippen molar-refractivity contribution in [3.63, 3.8) is 0 Å². The zero-order valence-corrected chi connectivity index (χ0v) is 14.5. The molecule has 1 aromatic heterocycles. The van der Waals surface area contributed by atoms with E-state index in [1.165, 1.54) is 0 Å². The third-order valence-corrected chi connectivity index (χ3v) is 3.78. The number of primary amides is 1. The summed E-state index contributed by atoms with van der Waals surface area (Å²) in [4.78, 5) is 15.1. The van der Waals surface area contributed by atoms with E-state index in [9.17, 15) is 4.79 Å². The van der Waals surface area contributed by atoms with Gasteiger partial charge in [0.05, 0.1) is 0 Å². The summed E-state index contributed by atoms with van der Waals surface area (Å²) in [6.45, 7) is 0. The van der Waals surface area contributed by atoms with Gasteiger partial charge in [0.1, 0.15) is 11.5 Å². The number of benzene rings is 2. The summed E-state index contributed by atoms with van der Waals surface area (Å²) in [7, 11) is 0. The Labute approximate surface area is 154 Å². The average molecular weight is 373 g/mol. The Kier molecular flexibility index (Phi) is 5.50. The van der Waals surface area contributed by atoms with E-state index in [1.807, 2.05) is 12.1 Å². The number of rotatable bonds is 7. The predicted molar refractivity (Wildman–Crippen MR) is 96.8 cm³/mol. The van der Waals surface area contributed by atoms with Gasteiger partial charge < -0.3 is 20.7 Å². The van der Waals surface area contributed by atoms with E-state index in [2.05, 4.69) is 10.1 Å². The molecule has 0 saturated carbocycles. The van der Waals surface area contributed by atoms with Crippen LogP contribution < -0.4 is 16.2 Å². The number of hydrogen-bond acceptors (Lipinski definition) is 6. The van der Waals surface area contributed by atoms with Crippen LogP contribution in [-0.2, 0) is 11.2 Å². The second-order valence-corrected chi connectivity index (χ2v) is 6.16. The van der Waals surface area contributed by atoms with Crippen molar-refractivity contribution < 1.29 is 14.1 Å². The molecule has 0 radical (unpaired) electrons. The van der Waals surface area contributed by atoms with Crippen LogP contribution in [0.3, 0.4) is 0 Å². The minimum atomic E-state index is -0.464. The van der Waals surface area contributed by atoms with Crippen molar-refractivity contribution in [1.82, 2.24) is 10.1 Å². The zero-order chi connectivity index (χ0) is 18.5. The van der Waals surface area contributed by atoms with Crippen molar-refractivity contribution in [1.29, 1.82) is 0 Å². The van der Waals surface area contributed by atoms with Crippen LogP contribution in [0.15, 0.2) is 53.1 Å². The molecule has 3 aromatic rings. The Hall–Kier alpha value is -2.90. The van der Waals surface area contributed by atoms with Gasteiger partial charge in [-0.25, -0.2) is 0 Å². The summed E-state index contributed by atoms with van der Waals surface area (Å²) in [6, 6.07) is 13.9. The van der Waals surface area contributed by atoms with Crippen LogP contribution in [0.4, 0.5) is 0 Å². The van der Waals surface area contributed by atoms with Crippen LogP contribution in [0.5, 0.6) is 11.5 Å². The van der Waals surface area contributed by atoms with E-state index >= 15 is 0 Å². The van der Waals surface area contributed by atoms with Crippen LogP contribution >= 0.6 is 11.6 Å². The molecule has 1 amide bonds. The predicted octanol–water partition coefficient (Wildman–Crippen LogP) is 2.93. The Morgan fingerprint density at radius 1 is 1.12 bits per heavy atom.